The first kappa shape index (κ1) is 18.4. The van der Waals surface area contributed by atoms with E-state index >= 15 is 0 Å². The molecule has 26 heavy (non-hydrogen) atoms. The molecule has 1 aromatic heterocycles. The lowest BCUT2D eigenvalue weighted by molar-refractivity contribution is 0.302. The van der Waals surface area contributed by atoms with Gasteiger partial charge in [0.1, 0.15) is 22.6 Å². The van der Waals surface area contributed by atoms with Gasteiger partial charge in [-0.25, -0.2) is 4.39 Å². The van der Waals surface area contributed by atoms with Gasteiger partial charge in [-0.3, -0.25) is 9.36 Å². The van der Waals surface area contributed by atoms with E-state index in [9.17, 15) is 9.18 Å². The lowest BCUT2D eigenvalue weighted by Gasteiger charge is -2.18. The van der Waals surface area contributed by atoms with Crippen LogP contribution in [0.5, 0.6) is 5.75 Å². The van der Waals surface area contributed by atoms with Crippen molar-refractivity contribution in [2.75, 3.05) is 0 Å². The Balaban J connectivity index is 1.98. The monoisotopic (exact) mass is 415 g/mol. The van der Waals surface area contributed by atoms with E-state index in [1.165, 1.54) is 12.1 Å². The summed E-state index contributed by atoms with van der Waals surface area (Å²) in [7, 11) is 0. The number of aryl methyl sites for hydroxylation is 3. The van der Waals surface area contributed by atoms with Crippen molar-refractivity contribution in [3.8, 4) is 11.4 Å². The molecule has 0 atom stereocenters. The highest BCUT2D eigenvalue weighted by molar-refractivity contribution is 9.10. The summed E-state index contributed by atoms with van der Waals surface area (Å²) in [6.45, 7) is 6.11. The molecule has 0 spiro atoms. The van der Waals surface area contributed by atoms with Crippen molar-refractivity contribution in [2.45, 2.75) is 27.4 Å². The van der Waals surface area contributed by atoms with E-state index in [-0.39, 0.29) is 18.0 Å². The van der Waals surface area contributed by atoms with Crippen LogP contribution in [0.2, 0.25) is 0 Å². The summed E-state index contributed by atoms with van der Waals surface area (Å²) in [5, 5.41) is 0. The Hall–Kier alpha value is -2.40. The molecule has 3 aromatic rings. The van der Waals surface area contributed by atoms with Crippen molar-refractivity contribution >= 4 is 15.9 Å². The highest BCUT2D eigenvalue weighted by atomic mass is 79.9. The van der Waals surface area contributed by atoms with Crippen LogP contribution in [0.3, 0.4) is 0 Å². The second-order valence-corrected chi connectivity index (χ2v) is 7.05. The van der Waals surface area contributed by atoms with Gasteiger partial charge in [-0.2, -0.15) is 0 Å². The second kappa shape index (κ2) is 7.46. The maximum atomic E-state index is 13.0. The van der Waals surface area contributed by atoms with Crippen molar-refractivity contribution in [2.24, 2.45) is 0 Å². The first-order valence-electron chi connectivity index (χ1n) is 8.24. The van der Waals surface area contributed by atoms with Crippen molar-refractivity contribution in [3.05, 3.63) is 91.6 Å². The number of nitrogens with zero attached hydrogens (tertiary/aromatic N) is 1. The van der Waals surface area contributed by atoms with Crippen LogP contribution in [0.15, 0.2) is 57.8 Å². The maximum Gasteiger partial charge on any atom is 0.273 e. The van der Waals surface area contributed by atoms with Crippen molar-refractivity contribution < 1.29 is 9.13 Å². The summed E-state index contributed by atoms with van der Waals surface area (Å²) < 4.78 is 20.9. The fraction of sp³-hybridized carbons (Fsp3) is 0.190. The first-order valence-corrected chi connectivity index (χ1v) is 9.03. The number of hydrogen-bond acceptors (Lipinski definition) is 2. The SMILES string of the molecule is Cc1cccc(C)c1-n1c(C)cc(OCc2ccc(F)cc2)c(Br)c1=O. The predicted octanol–water partition coefficient (Wildman–Crippen LogP) is 5.24. The minimum Gasteiger partial charge on any atom is -0.487 e. The Morgan fingerprint density at radius 2 is 1.65 bits per heavy atom. The quantitative estimate of drug-likeness (QED) is 0.582. The number of aromatic nitrogens is 1. The van der Waals surface area contributed by atoms with Gasteiger partial charge < -0.3 is 4.74 Å². The number of para-hydroxylation sites is 1. The minimum absolute atomic E-state index is 0.170. The fourth-order valence-electron chi connectivity index (χ4n) is 2.96. The third-order valence-electron chi connectivity index (χ3n) is 4.27. The van der Waals surface area contributed by atoms with Crippen molar-refractivity contribution in [1.29, 1.82) is 0 Å². The van der Waals surface area contributed by atoms with Gasteiger partial charge in [0.15, 0.2) is 0 Å². The van der Waals surface area contributed by atoms with Gasteiger partial charge in [0.25, 0.3) is 5.56 Å². The Bertz CT molecular complexity index is 990. The molecule has 0 amide bonds. The van der Waals surface area contributed by atoms with E-state index in [2.05, 4.69) is 15.9 Å². The largest absolute Gasteiger partial charge is 0.487 e. The molecule has 5 heteroatoms. The molecular weight excluding hydrogens is 397 g/mol. The standard InChI is InChI=1S/C21H19BrFNO2/c1-13-5-4-6-14(2)20(13)24-15(3)11-18(19(22)21(24)25)26-12-16-7-9-17(23)10-8-16/h4-11H,12H2,1-3H3. The lowest BCUT2D eigenvalue weighted by atomic mass is 10.1. The molecule has 0 bridgehead atoms. The Morgan fingerprint density at radius 1 is 1.04 bits per heavy atom. The maximum absolute atomic E-state index is 13.0. The Morgan fingerprint density at radius 3 is 2.27 bits per heavy atom. The second-order valence-electron chi connectivity index (χ2n) is 6.26. The molecule has 0 aliphatic heterocycles. The van der Waals surface area contributed by atoms with E-state index in [1.807, 2.05) is 45.0 Å². The summed E-state index contributed by atoms with van der Waals surface area (Å²) in [5.74, 6) is 0.182. The number of hydrogen-bond donors (Lipinski definition) is 0. The smallest absolute Gasteiger partial charge is 0.273 e. The molecule has 0 N–H and O–H groups in total. The number of benzene rings is 2. The predicted molar refractivity (Wildman–Crippen MR) is 105 cm³/mol. The molecular formula is C21H19BrFNO2. The van der Waals surface area contributed by atoms with Gasteiger partial charge in [-0.1, -0.05) is 30.3 Å². The molecule has 134 valence electrons. The molecule has 0 radical (unpaired) electrons. The topological polar surface area (TPSA) is 31.2 Å². The number of rotatable bonds is 4. The highest BCUT2D eigenvalue weighted by Gasteiger charge is 2.16. The minimum atomic E-state index is -0.290. The van der Waals surface area contributed by atoms with Crippen LogP contribution >= 0.6 is 15.9 Å². The molecule has 0 fully saturated rings. The number of pyridine rings is 1. The molecule has 1 heterocycles. The molecule has 0 aliphatic carbocycles. The molecule has 3 nitrogen and oxygen atoms in total. The molecule has 2 aromatic carbocycles. The number of halogens is 2. The van der Waals surface area contributed by atoms with E-state index in [0.29, 0.717) is 10.2 Å². The molecule has 0 saturated heterocycles. The van der Waals surface area contributed by atoms with Crippen LogP contribution in [0.4, 0.5) is 4.39 Å². The summed E-state index contributed by atoms with van der Waals surface area (Å²) in [6, 6.07) is 13.9. The van der Waals surface area contributed by atoms with Crippen LogP contribution in [0.1, 0.15) is 22.4 Å². The summed E-state index contributed by atoms with van der Waals surface area (Å²) in [5.41, 5.74) is 4.39. The van der Waals surface area contributed by atoms with E-state index in [0.717, 1.165) is 28.1 Å². The zero-order chi connectivity index (χ0) is 18.8. The molecule has 0 saturated carbocycles. The van der Waals surface area contributed by atoms with Crippen LogP contribution in [-0.2, 0) is 6.61 Å². The summed E-state index contributed by atoms with van der Waals surface area (Å²) in [6.07, 6.45) is 0. The van der Waals surface area contributed by atoms with Crippen LogP contribution in [-0.4, -0.2) is 4.57 Å². The van der Waals surface area contributed by atoms with Gasteiger partial charge >= 0.3 is 0 Å². The van der Waals surface area contributed by atoms with Crippen molar-refractivity contribution in [1.82, 2.24) is 4.57 Å². The Kier molecular flexibility index (Phi) is 5.28. The van der Waals surface area contributed by atoms with Crippen LogP contribution < -0.4 is 10.3 Å². The van der Waals surface area contributed by atoms with E-state index in [4.69, 9.17) is 4.74 Å². The third kappa shape index (κ3) is 3.58. The average molecular weight is 416 g/mol. The van der Waals surface area contributed by atoms with Crippen LogP contribution in [0, 0.1) is 26.6 Å². The lowest BCUT2D eigenvalue weighted by Crippen LogP contribution is -2.23. The van der Waals surface area contributed by atoms with Crippen LogP contribution in [0.25, 0.3) is 5.69 Å². The molecule has 3 rings (SSSR count). The van der Waals surface area contributed by atoms with Gasteiger partial charge in [0, 0.05) is 11.8 Å². The zero-order valence-electron chi connectivity index (χ0n) is 14.8. The van der Waals surface area contributed by atoms with Gasteiger partial charge in [-0.15, -0.1) is 0 Å². The highest BCUT2D eigenvalue weighted by Crippen LogP contribution is 2.27. The third-order valence-corrected chi connectivity index (χ3v) is 5.00. The normalized spacial score (nSPS) is 10.8. The molecule has 0 unspecified atom stereocenters. The van der Waals surface area contributed by atoms with E-state index in [1.54, 1.807) is 16.7 Å². The summed E-state index contributed by atoms with van der Waals surface area (Å²) in [4.78, 5) is 13.0. The first-order chi connectivity index (χ1) is 12.4. The van der Waals surface area contributed by atoms with E-state index < -0.39 is 0 Å². The van der Waals surface area contributed by atoms with Gasteiger partial charge in [-0.05, 0) is 65.5 Å². The summed E-state index contributed by atoms with van der Waals surface area (Å²) >= 11 is 3.38. The van der Waals surface area contributed by atoms with Gasteiger partial charge in [0.2, 0.25) is 0 Å². The van der Waals surface area contributed by atoms with Gasteiger partial charge in [0.05, 0.1) is 5.69 Å². The zero-order valence-corrected chi connectivity index (χ0v) is 16.4. The van der Waals surface area contributed by atoms with Crippen molar-refractivity contribution in [3.63, 3.8) is 0 Å². The number of ether oxygens (including phenoxy) is 1. The average Bonchev–Trinajstić information content (AvgIpc) is 2.61. The Labute approximate surface area is 160 Å². The molecule has 0 aliphatic rings. The fourth-order valence-corrected chi connectivity index (χ4v) is 3.37.